The van der Waals surface area contributed by atoms with Gasteiger partial charge in [0.15, 0.2) is 5.65 Å². The standard InChI is InChI=1S/C14H6Cl2F4N2/c15-8-4-10(16)13-21-12(6-22(13)5-8)7-1-2-11(17)9(3-7)14(18,19)20/h1-6H. The Kier molecular flexibility index (Phi) is 3.53. The molecule has 0 atom stereocenters. The summed E-state index contributed by atoms with van der Waals surface area (Å²) >= 11 is 11.8. The quantitative estimate of drug-likeness (QED) is 0.533. The SMILES string of the molecule is Fc1ccc(-c2cn3cc(Cl)cc(Cl)c3n2)cc1C(F)(F)F. The molecule has 0 aliphatic rings. The van der Waals surface area contributed by atoms with Crippen LogP contribution in [0.4, 0.5) is 17.6 Å². The predicted octanol–water partition coefficient (Wildman–Crippen LogP) is 5.47. The predicted molar refractivity (Wildman–Crippen MR) is 75.6 cm³/mol. The van der Waals surface area contributed by atoms with Gasteiger partial charge in [-0.2, -0.15) is 13.2 Å². The molecule has 0 aliphatic heterocycles. The molecule has 2 aromatic heterocycles. The fourth-order valence-corrected chi connectivity index (χ4v) is 2.59. The largest absolute Gasteiger partial charge is 0.419 e. The van der Waals surface area contributed by atoms with E-state index in [1.54, 1.807) is 0 Å². The molecule has 8 heteroatoms. The summed E-state index contributed by atoms with van der Waals surface area (Å²) in [6, 6.07) is 4.17. The van der Waals surface area contributed by atoms with Crippen molar-refractivity contribution in [2.75, 3.05) is 0 Å². The van der Waals surface area contributed by atoms with Gasteiger partial charge in [-0.15, -0.1) is 0 Å². The number of benzene rings is 1. The van der Waals surface area contributed by atoms with Crippen LogP contribution in [0.1, 0.15) is 5.56 Å². The number of imidazole rings is 1. The Labute approximate surface area is 131 Å². The van der Waals surface area contributed by atoms with Gasteiger partial charge in [-0.25, -0.2) is 9.37 Å². The molecule has 0 fully saturated rings. The second-order valence-corrected chi connectivity index (χ2v) is 5.40. The number of fused-ring (bicyclic) bond motifs is 1. The van der Waals surface area contributed by atoms with E-state index in [1.807, 2.05) is 0 Å². The van der Waals surface area contributed by atoms with Gasteiger partial charge in [-0.3, -0.25) is 0 Å². The lowest BCUT2D eigenvalue weighted by atomic mass is 10.1. The third-order valence-corrected chi connectivity index (χ3v) is 3.53. The molecule has 0 bridgehead atoms. The topological polar surface area (TPSA) is 17.3 Å². The molecule has 0 aliphatic carbocycles. The van der Waals surface area contributed by atoms with Gasteiger partial charge in [0, 0.05) is 18.0 Å². The molecule has 3 aromatic rings. The van der Waals surface area contributed by atoms with Crippen molar-refractivity contribution in [2.45, 2.75) is 6.18 Å². The number of hydrogen-bond acceptors (Lipinski definition) is 1. The second-order valence-electron chi connectivity index (χ2n) is 4.56. The first-order valence-corrected chi connectivity index (χ1v) is 6.72. The molecule has 0 spiro atoms. The average Bonchev–Trinajstić information content (AvgIpc) is 2.82. The smallest absolute Gasteiger partial charge is 0.304 e. The van der Waals surface area contributed by atoms with Crippen molar-refractivity contribution in [2.24, 2.45) is 0 Å². The van der Waals surface area contributed by atoms with Gasteiger partial charge in [0.2, 0.25) is 0 Å². The van der Waals surface area contributed by atoms with E-state index in [4.69, 9.17) is 23.2 Å². The van der Waals surface area contributed by atoms with Crippen LogP contribution in [0.3, 0.4) is 0 Å². The molecule has 2 nitrogen and oxygen atoms in total. The van der Waals surface area contributed by atoms with Gasteiger partial charge >= 0.3 is 6.18 Å². The normalized spacial score (nSPS) is 12.1. The van der Waals surface area contributed by atoms with Crippen LogP contribution >= 0.6 is 23.2 Å². The van der Waals surface area contributed by atoms with Gasteiger partial charge in [-0.1, -0.05) is 23.2 Å². The Bertz CT molecular complexity index is 871. The zero-order valence-electron chi connectivity index (χ0n) is 10.6. The van der Waals surface area contributed by atoms with Crippen molar-refractivity contribution in [3.63, 3.8) is 0 Å². The minimum absolute atomic E-state index is 0.129. The fourth-order valence-electron chi connectivity index (χ4n) is 2.07. The first-order valence-electron chi connectivity index (χ1n) is 5.96. The molecular weight excluding hydrogens is 343 g/mol. The summed E-state index contributed by atoms with van der Waals surface area (Å²) in [6.07, 6.45) is -1.78. The van der Waals surface area contributed by atoms with E-state index in [0.717, 1.165) is 6.07 Å². The molecule has 0 saturated carbocycles. The van der Waals surface area contributed by atoms with Gasteiger partial charge in [0.25, 0.3) is 0 Å². The number of nitrogens with zero attached hydrogens (tertiary/aromatic N) is 2. The van der Waals surface area contributed by atoms with E-state index >= 15 is 0 Å². The number of pyridine rings is 1. The van der Waals surface area contributed by atoms with E-state index in [9.17, 15) is 17.6 Å². The van der Waals surface area contributed by atoms with Crippen molar-refractivity contribution >= 4 is 28.8 Å². The zero-order chi connectivity index (χ0) is 16.1. The van der Waals surface area contributed by atoms with Crippen LogP contribution in [0.25, 0.3) is 16.9 Å². The molecule has 0 radical (unpaired) electrons. The minimum atomic E-state index is -4.78. The molecule has 3 rings (SSSR count). The Morgan fingerprint density at radius 1 is 1.05 bits per heavy atom. The summed E-state index contributed by atoms with van der Waals surface area (Å²) in [5.74, 6) is -1.33. The third-order valence-electron chi connectivity index (χ3n) is 3.04. The Balaban J connectivity index is 2.18. The molecule has 114 valence electrons. The van der Waals surface area contributed by atoms with Crippen molar-refractivity contribution in [3.05, 3.63) is 58.1 Å². The first kappa shape index (κ1) is 15.1. The summed E-state index contributed by atoms with van der Waals surface area (Å²) in [5.41, 5.74) is -0.635. The molecule has 22 heavy (non-hydrogen) atoms. The molecule has 1 aromatic carbocycles. The Morgan fingerprint density at radius 3 is 2.45 bits per heavy atom. The number of aromatic nitrogens is 2. The van der Waals surface area contributed by atoms with Gasteiger partial charge in [0.05, 0.1) is 21.3 Å². The maximum Gasteiger partial charge on any atom is 0.419 e. The second kappa shape index (κ2) is 5.14. The lowest BCUT2D eigenvalue weighted by molar-refractivity contribution is -0.139. The zero-order valence-corrected chi connectivity index (χ0v) is 12.1. The summed E-state index contributed by atoms with van der Waals surface area (Å²) in [4.78, 5) is 4.16. The van der Waals surface area contributed by atoms with Crippen LogP contribution in [0.5, 0.6) is 0 Å². The Morgan fingerprint density at radius 2 is 1.77 bits per heavy atom. The molecule has 0 amide bonds. The molecule has 0 saturated heterocycles. The van der Waals surface area contributed by atoms with Gasteiger partial charge in [-0.05, 0) is 24.3 Å². The average molecular weight is 349 g/mol. The van der Waals surface area contributed by atoms with Crippen LogP contribution in [-0.2, 0) is 6.18 Å². The Hall–Kier alpha value is -1.79. The summed E-state index contributed by atoms with van der Waals surface area (Å²) in [6.45, 7) is 0. The minimum Gasteiger partial charge on any atom is -0.304 e. The molecule has 0 N–H and O–H groups in total. The van der Waals surface area contributed by atoms with Crippen molar-refractivity contribution in [1.82, 2.24) is 9.38 Å². The first-order chi connectivity index (χ1) is 10.3. The molecule has 0 unspecified atom stereocenters. The highest BCUT2D eigenvalue weighted by molar-refractivity contribution is 6.36. The maximum absolute atomic E-state index is 13.3. The van der Waals surface area contributed by atoms with Crippen LogP contribution in [0.2, 0.25) is 10.0 Å². The summed E-state index contributed by atoms with van der Waals surface area (Å²) in [7, 11) is 0. The van der Waals surface area contributed by atoms with Crippen molar-refractivity contribution < 1.29 is 17.6 Å². The third kappa shape index (κ3) is 2.64. The van der Waals surface area contributed by atoms with Crippen molar-refractivity contribution in [3.8, 4) is 11.3 Å². The van der Waals surface area contributed by atoms with Gasteiger partial charge in [0.1, 0.15) is 5.82 Å². The highest BCUT2D eigenvalue weighted by atomic mass is 35.5. The number of hydrogen-bond donors (Lipinski definition) is 0. The lowest BCUT2D eigenvalue weighted by Gasteiger charge is -2.08. The highest BCUT2D eigenvalue weighted by Crippen LogP contribution is 2.34. The lowest BCUT2D eigenvalue weighted by Crippen LogP contribution is -2.08. The van der Waals surface area contributed by atoms with Crippen LogP contribution < -0.4 is 0 Å². The van der Waals surface area contributed by atoms with E-state index in [2.05, 4.69) is 4.98 Å². The summed E-state index contributed by atoms with van der Waals surface area (Å²) in [5, 5.41) is 0.619. The van der Waals surface area contributed by atoms with Crippen LogP contribution in [0.15, 0.2) is 36.7 Å². The van der Waals surface area contributed by atoms with E-state index in [0.29, 0.717) is 16.7 Å². The van der Waals surface area contributed by atoms with Crippen molar-refractivity contribution in [1.29, 1.82) is 0 Å². The van der Waals surface area contributed by atoms with Crippen LogP contribution in [-0.4, -0.2) is 9.38 Å². The molecule has 2 heterocycles. The van der Waals surface area contributed by atoms with Gasteiger partial charge < -0.3 is 4.40 Å². The molecular formula is C14H6Cl2F4N2. The number of alkyl halides is 3. The van der Waals surface area contributed by atoms with E-state index in [1.165, 1.54) is 28.9 Å². The number of rotatable bonds is 1. The maximum atomic E-state index is 13.3. The van der Waals surface area contributed by atoms with E-state index in [-0.39, 0.29) is 16.3 Å². The monoisotopic (exact) mass is 348 g/mol. The highest BCUT2D eigenvalue weighted by Gasteiger charge is 2.34. The van der Waals surface area contributed by atoms with E-state index < -0.39 is 17.6 Å². The fraction of sp³-hybridized carbons (Fsp3) is 0.0714. The van der Waals surface area contributed by atoms with Crippen LogP contribution in [0, 0.1) is 5.82 Å². The number of halogens is 6. The summed E-state index contributed by atoms with van der Waals surface area (Å²) < 4.78 is 53.1.